The standard InChI is InChI=1S/C45H54O6SSi/c1-45(2,3)53(34-20-9-7-10-21-34,35-22-11-8-12-23-35)51-39(42-31-33-19-15-16-25-41(33)52-42)29-28-36-37(24-13-5-6-14-26-43(47)48-4)40(32-38(36)46)50-44-27-17-18-30-49-44/h5,7-13,15-16,19-23,25,28-29,31,36-37,39-40,44H,6,14,17-18,24,26-27,30,32H2,1-4H3/b13-5-,29-28+/t36-,37-,39-,40+,44?/m1/s1. The largest absolute Gasteiger partial charge is 0.469 e. The van der Waals surface area contributed by atoms with E-state index >= 15 is 0 Å². The number of allylic oxidation sites excluding steroid dienone is 3. The second-order valence-electron chi connectivity index (χ2n) is 15.3. The minimum Gasteiger partial charge on any atom is -0.469 e. The van der Waals surface area contributed by atoms with Crippen LogP contribution >= 0.6 is 11.3 Å². The lowest BCUT2D eigenvalue weighted by Gasteiger charge is -2.44. The van der Waals surface area contributed by atoms with E-state index in [1.807, 2.05) is 0 Å². The molecule has 0 bridgehead atoms. The summed E-state index contributed by atoms with van der Waals surface area (Å²) in [4.78, 5) is 26.7. The Morgan fingerprint density at radius 3 is 2.30 bits per heavy atom. The molecule has 1 aromatic heterocycles. The van der Waals surface area contributed by atoms with E-state index in [1.165, 1.54) is 27.6 Å². The zero-order valence-electron chi connectivity index (χ0n) is 31.6. The summed E-state index contributed by atoms with van der Waals surface area (Å²) in [7, 11) is -1.54. The van der Waals surface area contributed by atoms with Crippen molar-refractivity contribution in [2.75, 3.05) is 13.7 Å². The summed E-state index contributed by atoms with van der Waals surface area (Å²) in [5.41, 5.74) is 0. The lowest BCUT2D eigenvalue weighted by Crippen LogP contribution is -2.66. The minimum atomic E-state index is -2.96. The Hall–Kier alpha value is -3.66. The fraction of sp³-hybridized carbons (Fsp3) is 0.422. The molecule has 2 aliphatic rings. The summed E-state index contributed by atoms with van der Waals surface area (Å²) >= 11 is 1.76. The second kappa shape index (κ2) is 18.1. The van der Waals surface area contributed by atoms with Crippen molar-refractivity contribution in [2.45, 2.75) is 95.7 Å². The highest BCUT2D eigenvalue weighted by Gasteiger charge is 2.52. The molecule has 4 aromatic rings. The van der Waals surface area contributed by atoms with Gasteiger partial charge in [0.2, 0.25) is 0 Å². The number of carbonyl (C=O) groups is 2. The predicted octanol–water partition coefficient (Wildman–Crippen LogP) is 9.48. The SMILES string of the molecule is COC(=O)CCC/C=C\C[C@H]1[C@@H](OC2CCCCO2)CC(=O)[C@@H]1/C=C/[C@@H](O[Si](c1ccccc1)(c1ccccc1)C(C)(C)C)c1cc2ccccc2s1. The fourth-order valence-electron chi connectivity index (χ4n) is 7.94. The van der Waals surface area contributed by atoms with Crippen molar-refractivity contribution in [3.05, 3.63) is 120 Å². The maximum absolute atomic E-state index is 14.0. The molecule has 3 aromatic carbocycles. The molecule has 0 N–H and O–H groups in total. The Kier molecular flexibility index (Phi) is 13.3. The summed E-state index contributed by atoms with van der Waals surface area (Å²) in [5.74, 6) is -0.383. The molecule has 8 heteroatoms. The summed E-state index contributed by atoms with van der Waals surface area (Å²) in [6, 6.07) is 32.2. The van der Waals surface area contributed by atoms with Crippen molar-refractivity contribution in [1.82, 2.24) is 0 Å². The number of esters is 1. The average molecular weight is 751 g/mol. The normalized spacial score (nSPS) is 21.8. The van der Waals surface area contributed by atoms with Gasteiger partial charge in [0.05, 0.1) is 19.3 Å². The molecule has 0 spiro atoms. The van der Waals surface area contributed by atoms with Crippen molar-refractivity contribution in [3.8, 4) is 0 Å². The van der Waals surface area contributed by atoms with Gasteiger partial charge in [0.15, 0.2) is 6.29 Å². The number of ether oxygens (including phenoxy) is 3. The quantitative estimate of drug-likeness (QED) is 0.0522. The molecule has 6 rings (SSSR count). The molecule has 1 saturated carbocycles. The average Bonchev–Trinajstić information content (AvgIpc) is 3.73. The number of rotatable bonds is 15. The summed E-state index contributed by atoms with van der Waals surface area (Å²) < 4.78 is 26.3. The van der Waals surface area contributed by atoms with Crippen LogP contribution in [0.5, 0.6) is 0 Å². The Morgan fingerprint density at radius 1 is 0.962 bits per heavy atom. The van der Waals surface area contributed by atoms with Crippen LogP contribution in [0.4, 0.5) is 0 Å². The van der Waals surface area contributed by atoms with Gasteiger partial charge in [-0.15, -0.1) is 11.3 Å². The van der Waals surface area contributed by atoms with E-state index in [9.17, 15) is 9.59 Å². The summed E-state index contributed by atoms with van der Waals surface area (Å²) in [5, 5.41) is 3.39. The number of fused-ring (bicyclic) bond motifs is 1. The van der Waals surface area contributed by atoms with Crippen LogP contribution in [0, 0.1) is 11.8 Å². The molecule has 1 unspecified atom stereocenters. The second-order valence-corrected chi connectivity index (χ2v) is 20.6. The van der Waals surface area contributed by atoms with Crippen LogP contribution in [-0.4, -0.2) is 46.2 Å². The number of unbranched alkanes of at least 4 members (excludes halogenated alkanes) is 1. The van der Waals surface area contributed by atoms with Crippen LogP contribution in [-0.2, 0) is 28.2 Å². The van der Waals surface area contributed by atoms with Gasteiger partial charge in [0.1, 0.15) is 5.78 Å². The van der Waals surface area contributed by atoms with Crippen LogP contribution in [0.1, 0.15) is 83.1 Å². The minimum absolute atomic E-state index is 0.0444. The third-order valence-electron chi connectivity index (χ3n) is 10.7. The van der Waals surface area contributed by atoms with E-state index in [4.69, 9.17) is 18.6 Å². The molecule has 5 atom stereocenters. The number of benzene rings is 3. The van der Waals surface area contributed by atoms with Crippen molar-refractivity contribution in [2.24, 2.45) is 11.8 Å². The molecule has 2 fully saturated rings. The van der Waals surface area contributed by atoms with Crippen LogP contribution in [0.25, 0.3) is 10.1 Å². The van der Waals surface area contributed by atoms with Crippen molar-refractivity contribution in [1.29, 1.82) is 0 Å². The highest BCUT2D eigenvalue weighted by Crippen LogP contribution is 2.43. The van der Waals surface area contributed by atoms with Gasteiger partial charge in [-0.25, -0.2) is 0 Å². The first-order valence-electron chi connectivity index (χ1n) is 19.2. The third-order valence-corrected chi connectivity index (χ3v) is 16.9. The maximum atomic E-state index is 14.0. The van der Waals surface area contributed by atoms with Gasteiger partial charge in [0.25, 0.3) is 8.32 Å². The first kappa shape index (κ1) is 39.0. The topological polar surface area (TPSA) is 71.1 Å². The molecule has 0 amide bonds. The molecule has 0 radical (unpaired) electrons. The van der Waals surface area contributed by atoms with Gasteiger partial charge in [-0.3, -0.25) is 9.59 Å². The summed E-state index contributed by atoms with van der Waals surface area (Å²) in [6.07, 6.45) is 13.6. The van der Waals surface area contributed by atoms with Gasteiger partial charge < -0.3 is 18.6 Å². The van der Waals surface area contributed by atoms with E-state index in [0.717, 1.165) is 37.0 Å². The monoisotopic (exact) mass is 750 g/mol. The van der Waals surface area contributed by atoms with Gasteiger partial charge in [-0.05, 0) is 71.5 Å². The molecule has 280 valence electrons. The molecule has 6 nitrogen and oxygen atoms in total. The number of hydrogen-bond acceptors (Lipinski definition) is 7. The number of ketones is 1. The van der Waals surface area contributed by atoms with E-state index in [-0.39, 0.29) is 47.1 Å². The fourth-order valence-corrected chi connectivity index (χ4v) is 13.7. The first-order valence-corrected chi connectivity index (χ1v) is 21.9. The van der Waals surface area contributed by atoms with Crippen molar-refractivity contribution in [3.63, 3.8) is 0 Å². The first-order chi connectivity index (χ1) is 25.7. The predicted molar refractivity (Wildman–Crippen MR) is 217 cm³/mol. The highest BCUT2D eigenvalue weighted by atomic mass is 32.1. The zero-order valence-corrected chi connectivity index (χ0v) is 33.4. The number of thiophene rings is 1. The highest BCUT2D eigenvalue weighted by molar-refractivity contribution is 7.19. The van der Waals surface area contributed by atoms with Crippen LogP contribution in [0.3, 0.4) is 0 Å². The maximum Gasteiger partial charge on any atom is 0.305 e. The smallest absolute Gasteiger partial charge is 0.305 e. The Bertz CT molecular complexity index is 1770. The Balaban J connectivity index is 1.37. The summed E-state index contributed by atoms with van der Waals surface area (Å²) in [6.45, 7) is 7.59. The Labute approximate surface area is 320 Å². The van der Waals surface area contributed by atoms with Gasteiger partial charge in [0, 0.05) is 40.9 Å². The zero-order chi connectivity index (χ0) is 37.3. The molecular weight excluding hydrogens is 697 g/mol. The number of carbonyl (C=O) groups excluding carboxylic acids is 2. The molecule has 2 heterocycles. The lowest BCUT2D eigenvalue weighted by molar-refractivity contribution is -0.194. The Morgan fingerprint density at radius 2 is 1.66 bits per heavy atom. The molecule has 1 aliphatic carbocycles. The van der Waals surface area contributed by atoms with Crippen molar-refractivity contribution < 1.29 is 28.2 Å². The van der Waals surface area contributed by atoms with Crippen LogP contribution in [0.2, 0.25) is 5.04 Å². The van der Waals surface area contributed by atoms with E-state index in [1.54, 1.807) is 11.3 Å². The van der Waals surface area contributed by atoms with Gasteiger partial charge >= 0.3 is 5.97 Å². The van der Waals surface area contributed by atoms with Gasteiger partial charge in [-0.2, -0.15) is 0 Å². The lowest BCUT2D eigenvalue weighted by atomic mass is 9.90. The van der Waals surface area contributed by atoms with Gasteiger partial charge in [-0.1, -0.05) is 124 Å². The molecular formula is C45H54O6SSi. The van der Waals surface area contributed by atoms with E-state index in [0.29, 0.717) is 25.9 Å². The van der Waals surface area contributed by atoms with E-state index < -0.39 is 8.32 Å². The molecule has 1 aliphatic heterocycles. The molecule has 1 saturated heterocycles. The third kappa shape index (κ3) is 9.35. The number of hydrogen-bond donors (Lipinski definition) is 0. The van der Waals surface area contributed by atoms with Crippen molar-refractivity contribution >= 4 is 51.9 Å². The molecule has 53 heavy (non-hydrogen) atoms. The number of Topliss-reactive ketones (excluding diaryl/α,β-unsaturated/α-hetero) is 1. The van der Waals surface area contributed by atoms with Crippen LogP contribution in [0.15, 0.2) is 115 Å². The number of methoxy groups -OCH3 is 1. The van der Waals surface area contributed by atoms with E-state index in [2.05, 4.69) is 136 Å². The van der Waals surface area contributed by atoms with Crippen LogP contribution < -0.4 is 10.4 Å².